The van der Waals surface area contributed by atoms with Crippen LogP contribution in [0, 0.1) is 0 Å². The smallest absolute Gasteiger partial charge is 0.268 e. The predicted molar refractivity (Wildman–Crippen MR) is 210 cm³/mol. The third-order valence-corrected chi connectivity index (χ3v) is 10.5. The minimum absolute atomic E-state index is 0.00126. The number of phosphoric acid groups is 1. The largest absolute Gasteiger partial charge is 0.756 e. The molecule has 0 saturated carbocycles. The summed E-state index contributed by atoms with van der Waals surface area (Å²) in [5.41, 5.74) is 0. The molecule has 0 saturated heterocycles. The molecule has 0 fully saturated rings. The standard InChI is InChI=1S/C41H83N2O6P/c1-6-8-10-12-14-15-16-17-18-19-20-21-22-23-24-25-26-27-28-29-30-32-34-40(44)39(42-41(45)35-33-31-13-11-9-7-2)38-49-50(46,47)48-37-36-43(3,4)5/h32,34,39-40,44H,6-31,33,35-38H2,1-5H3,(H-,42,45,46,47)/b34-32+. The molecule has 0 heterocycles. The summed E-state index contributed by atoms with van der Waals surface area (Å²) in [4.78, 5) is 25.0. The van der Waals surface area contributed by atoms with Gasteiger partial charge in [-0.05, 0) is 19.3 Å². The monoisotopic (exact) mass is 731 g/mol. The van der Waals surface area contributed by atoms with Gasteiger partial charge < -0.3 is 28.8 Å². The molecule has 0 aliphatic heterocycles. The van der Waals surface area contributed by atoms with Crippen molar-refractivity contribution in [2.75, 3.05) is 40.9 Å². The Bertz CT molecular complexity index is 834. The Morgan fingerprint density at radius 3 is 1.50 bits per heavy atom. The Labute approximate surface area is 310 Å². The maximum atomic E-state index is 12.6. The summed E-state index contributed by atoms with van der Waals surface area (Å²) in [6, 6.07) is -0.877. The average Bonchev–Trinajstić information content (AvgIpc) is 3.06. The van der Waals surface area contributed by atoms with Crippen molar-refractivity contribution >= 4 is 13.7 Å². The summed E-state index contributed by atoms with van der Waals surface area (Å²) in [5, 5.41) is 13.7. The number of likely N-dealkylation sites (N-methyl/N-ethyl adjacent to an activating group) is 1. The highest BCUT2D eigenvalue weighted by Gasteiger charge is 2.23. The molecule has 0 spiro atoms. The number of nitrogens with zero attached hydrogens (tertiary/aromatic N) is 1. The van der Waals surface area contributed by atoms with Crippen molar-refractivity contribution in [1.29, 1.82) is 0 Å². The fraction of sp³-hybridized carbons (Fsp3) is 0.927. The summed E-state index contributed by atoms with van der Waals surface area (Å²) in [5.74, 6) is -0.206. The normalized spacial score (nSPS) is 14.6. The van der Waals surface area contributed by atoms with E-state index in [1.54, 1.807) is 6.08 Å². The molecule has 0 aliphatic carbocycles. The molecule has 0 aromatic carbocycles. The minimum Gasteiger partial charge on any atom is -0.756 e. The number of carbonyl (C=O) groups is 1. The Kier molecular flexibility index (Phi) is 33.5. The van der Waals surface area contributed by atoms with E-state index in [2.05, 4.69) is 19.2 Å². The van der Waals surface area contributed by atoms with Crippen LogP contribution in [0.1, 0.15) is 194 Å². The van der Waals surface area contributed by atoms with Gasteiger partial charge in [0.1, 0.15) is 13.2 Å². The van der Waals surface area contributed by atoms with Crippen LogP contribution in [-0.4, -0.2) is 68.5 Å². The van der Waals surface area contributed by atoms with Gasteiger partial charge in [-0.2, -0.15) is 0 Å². The van der Waals surface area contributed by atoms with Crippen molar-refractivity contribution in [2.24, 2.45) is 0 Å². The van der Waals surface area contributed by atoms with E-state index in [0.29, 0.717) is 17.4 Å². The van der Waals surface area contributed by atoms with Gasteiger partial charge in [0.15, 0.2) is 0 Å². The van der Waals surface area contributed by atoms with E-state index >= 15 is 0 Å². The predicted octanol–water partition coefficient (Wildman–Crippen LogP) is 10.6. The van der Waals surface area contributed by atoms with Gasteiger partial charge in [0, 0.05) is 6.42 Å². The average molecular weight is 731 g/mol. The number of aliphatic hydroxyl groups is 1. The highest BCUT2D eigenvalue weighted by atomic mass is 31.2. The molecule has 298 valence electrons. The third kappa shape index (κ3) is 35.6. The van der Waals surface area contributed by atoms with Gasteiger partial charge in [0.25, 0.3) is 7.82 Å². The van der Waals surface area contributed by atoms with Gasteiger partial charge in [-0.25, -0.2) is 0 Å². The van der Waals surface area contributed by atoms with Gasteiger partial charge in [-0.15, -0.1) is 0 Å². The Balaban J connectivity index is 4.19. The second-order valence-electron chi connectivity index (χ2n) is 15.7. The van der Waals surface area contributed by atoms with Gasteiger partial charge in [0.05, 0.1) is 39.9 Å². The lowest BCUT2D eigenvalue weighted by atomic mass is 10.0. The highest BCUT2D eigenvalue weighted by molar-refractivity contribution is 7.45. The van der Waals surface area contributed by atoms with Crippen LogP contribution in [0.4, 0.5) is 0 Å². The molecule has 8 nitrogen and oxygen atoms in total. The molecule has 0 radical (unpaired) electrons. The molecule has 9 heteroatoms. The number of rotatable bonds is 38. The first-order valence-corrected chi connectivity index (χ1v) is 22.5. The first-order valence-electron chi connectivity index (χ1n) is 21.1. The summed E-state index contributed by atoms with van der Waals surface area (Å²) in [6.07, 6.45) is 37.2. The van der Waals surface area contributed by atoms with Gasteiger partial charge in [-0.1, -0.05) is 180 Å². The van der Waals surface area contributed by atoms with Crippen molar-refractivity contribution in [2.45, 2.75) is 206 Å². The van der Waals surface area contributed by atoms with Crippen molar-refractivity contribution in [1.82, 2.24) is 5.32 Å². The maximum absolute atomic E-state index is 12.6. The summed E-state index contributed by atoms with van der Waals surface area (Å²) in [7, 11) is 1.26. The maximum Gasteiger partial charge on any atom is 0.268 e. The Hall–Kier alpha value is -0.760. The summed E-state index contributed by atoms with van der Waals surface area (Å²) >= 11 is 0. The van der Waals surface area contributed by atoms with Crippen LogP contribution >= 0.6 is 7.82 Å². The number of hydrogen-bond acceptors (Lipinski definition) is 6. The third-order valence-electron chi connectivity index (χ3n) is 9.50. The lowest BCUT2D eigenvalue weighted by Gasteiger charge is -2.29. The van der Waals surface area contributed by atoms with E-state index in [1.165, 1.54) is 135 Å². The molecule has 0 aromatic heterocycles. The number of allylic oxidation sites excluding steroid dienone is 1. The van der Waals surface area contributed by atoms with E-state index in [1.807, 2.05) is 27.2 Å². The number of phosphoric ester groups is 1. The molecular formula is C41H83N2O6P. The van der Waals surface area contributed by atoms with E-state index in [9.17, 15) is 19.4 Å². The Morgan fingerprint density at radius 2 is 1.08 bits per heavy atom. The van der Waals surface area contributed by atoms with Crippen LogP contribution in [-0.2, 0) is 18.4 Å². The molecule has 0 rings (SSSR count). The van der Waals surface area contributed by atoms with E-state index in [0.717, 1.165) is 38.5 Å². The fourth-order valence-electron chi connectivity index (χ4n) is 6.09. The summed E-state index contributed by atoms with van der Waals surface area (Å²) in [6.45, 7) is 4.58. The number of aliphatic hydroxyl groups excluding tert-OH is 1. The molecule has 3 atom stereocenters. The molecule has 50 heavy (non-hydrogen) atoms. The molecule has 0 aliphatic rings. The quantitative estimate of drug-likeness (QED) is 0.0283. The first kappa shape index (κ1) is 49.2. The summed E-state index contributed by atoms with van der Waals surface area (Å²) < 4.78 is 23.0. The van der Waals surface area contributed by atoms with Crippen LogP contribution in [0.2, 0.25) is 0 Å². The molecule has 1 amide bonds. The van der Waals surface area contributed by atoms with E-state index in [4.69, 9.17) is 9.05 Å². The molecule has 0 bridgehead atoms. The lowest BCUT2D eigenvalue weighted by molar-refractivity contribution is -0.870. The zero-order valence-corrected chi connectivity index (χ0v) is 34.5. The second kappa shape index (κ2) is 34.0. The highest BCUT2D eigenvalue weighted by Crippen LogP contribution is 2.38. The van der Waals surface area contributed by atoms with Crippen LogP contribution in [0.15, 0.2) is 12.2 Å². The number of quaternary nitrogens is 1. The molecule has 0 aromatic rings. The van der Waals surface area contributed by atoms with Crippen LogP contribution in [0.5, 0.6) is 0 Å². The first-order chi connectivity index (χ1) is 24.0. The zero-order chi connectivity index (χ0) is 37.2. The molecule has 2 N–H and O–H groups in total. The van der Waals surface area contributed by atoms with Crippen LogP contribution < -0.4 is 10.2 Å². The second-order valence-corrected chi connectivity index (χ2v) is 17.1. The lowest BCUT2D eigenvalue weighted by Crippen LogP contribution is -2.45. The number of amides is 1. The van der Waals surface area contributed by atoms with Crippen molar-refractivity contribution in [3.63, 3.8) is 0 Å². The number of nitrogens with one attached hydrogen (secondary N) is 1. The number of hydrogen-bond donors (Lipinski definition) is 2. The van der Waals surface area contributed by atoms with Crippen molar-refractivity contribution < 1.29 is 32.9 Å². The number of carbonyl (C=O) groups excluding carboxylic acids is 1. The van der Waals surface area contributed by atoms with E-state index in [-0.39, 0.29) is 19.1 Å². The zero-order valence-electron chi connectivity index (χ0n) is 33.6. The topological polar surface area (TPSA) is 108 Å². The van der Waals surface area contributed by atoms with Crippen LogP contribution in [0.3, 0.4) is 0 Å². The SMILES string of the molecule is CCCCCCCCCCCCCCCCCCCCCC/C=C/C(O)C(COP(=O)([O-])OCC[N+](C)(C)C)NC(=O)CCCCCCCC. The van der Waals surface area contributed by atoms with E-state index < -0.39 is 20.0 Å². The Morgan fingerprint density at radius 1 is 0.680 bits per heavy atom. The van der Waals surface area contributed by atoms with Gasteiger partial charge in [0.2, 0.25) is 5.91 Å². The van der Waals surface area contributed by atoms with Crippen molar-refractivity contribution in [3.05, 3.63) is 12.2 Å². The molecular weight excluding hydrogens is 647 g/mol. The van der Waals surface area contributed by atoms with Gasteiger partial charge in [-0.3, -0.25) is 9.36 Å². The van der Waals surface area contributed by atoms with Crippen LogP contribution in [0.25, 0.3) is 0 Å². The van der Waals surface area contributed by atoms with Crippen molar-refractivity contribution in [3.8, 4) is 0 Å². The molecule has 3 unspecified atom stereocenters. The van der Waals surface area contributed by atoms with Gasteiger partial charge >= 0.3 is 0 Å². The minimum atomic E-state index is -4.57. The fourth-order valence-corrected chi connectivity index (χ4v) is 6.82. The number of unbranched alkanes of at least 4 members (excludes halogenated alkanes) is 25.